The number of fused-ring (bicyclic) bond motifs is 1. The van der Waals surface area contributed by atoms with Crippen LogP contribution in [0.4, 0.5) is 0 Å². The van der Waals surface area contributed by atoms with Crippen LogP contribution in [0.15, 0.2) is 78.9 Å². The third kappa shape index (κ3) is 5.14. The van der Waals surface area contributed by atoms with Gasteiger partial charge in [-0.15, -0.1) is 0 Å². The molecule has 0 saturated carbocycles. The lowest BCUT2D eigenvalue weighted by molar-refractivity contribution is -0.138. The highest BCUT2D eigenvalue weighted by Crippen LogP contribution is 2.37. The summed E-state index contributed by atoms with van der Waals surface area (Å²) >= 11 is 0. The summed E-state index contributed by atoms with van der Waals surface area (Å²) in [7, 11) is 1.81. The van der Waals surface area contributed by atoms with Crippen LogP contribution in [0, 0.1) is 0 Å². The first kappa shape index (κ1) is 23.6. The maximum atomic E-state index is 13.1. The number of ether oxygens (including phenoxy) is 1. The highest BCUT2D eigenvalue weighted by Gasteiger charge is 2.31. The zero-order valence-corrected chi connectivity index (χ0v) is 20.1. The van der Waals surface area contributed by atoms with Gasteiger partial charge in [0.1, 0.15) is 5.75 Å². The fraction of sp³-hybridized carbons (Fsp3) is 0.310. The van der Waals surface area contributed by atoms with Gasteiger partial charge in [-0.2, -0.15) is 0 Å². The van der Waals surface area contributed by atoms with E-state index in [1.807, 2.05) is 79.5 Å². The number of carbonyl (C=O) groups excluding carboxylic acids is 2. The minimum absolute atomic E-state index is 0.0472. The summed E-state index contributed by atoms with van der Waals surface area (Å²) in [5.41, 5.74) is 4.42. The maximum absolute atomic E-state index is 13.1. The summed E-state index contributed by atoms with van der Waals surface area (Å²) in [6.45, 7) is 4.80. The molecule has 4 rings (SSSR count). The molecule has 0 saturated heterocycles. The fourth-order valence-electron chi connectivity index (χ4n) is 4.65. The molecular weight excluding hydrogens is 424 g/mol. The monoisotopic (exact) mass is 456 g/mol. The quantitative estimate of drug-likeness (QED) is 0.503. The largest absolute Gasteiger partial charge is 0.481 e. The molecule has 2 amide bonds. The van der Waals surface area contributed by atoms with Crippen molar-refractivity contribution < 1.29 is 14.3 Å². The molecule has 0 aromatic heterocycles. The molecule has 1 heterocycles. The molecule has 1 aliphatic heterocycles. The van der Waals surface area contributed by atoms with E-state index in [0.29, 0.717) is 25.3 Å². The average molecular weight is 457 g/mol. The number of rotatable bonds is 7. The Balaban J connectivity index is 1.58. The number of amides is 2. The third-order valence-electron chi connectivity index (χ3n) is 6.43. The first-order valence-corrected chi connectivity index (χ1v) is 11.9. The Morgan fingerprint density at radius 3 is 2.35 bits per heavy atom. The van der Waals surface area contributed by atoms with E-state index >= 15 is 0 Å². The van der Waals surface area contributed by atoms with Crippen molar-refractivity contribution in [2.24, 2.45) is 0 Å². The van der Waals surface area contributed by atoms with Gasteiger partial charge in [0.2, 0.25) is 5.91 Å². The molecule has 0 fully saturated rings. The van der Waals surface area contributed by atoms with Crippen molar-refractivity contribution in [3.63, 3.8) is 0 Å². The zero-order valence-electron chi connectivity index (χ0n) is 20.1. The van der Waals surface area contributed by atoms with Crippen LogP contribution in [0.5, 0.6) is 5.75 Å². The first-order valence-electron chi connectivity index (χ1n) is 11.9. The SMILES string of the molecule is CC[C@@H](Oc1ccc2c(c1)[C@@H](c1ccccc1)N(C(C)=O)CC2)C(=O)N(C)Cc1ccccc1. The van der Waals surface area contributed by atoms with E-state index in [4.69, 9.17) is 4.74 Å². The van der Waals surface area contributed by atoms with Gasteiger partial charge in [-0.3, -0.25) is 9.59 Å². The number of hydrogen-bond acceptors (Lipinski definition) is 3. The fourth-order valence-corrected chi connectivity index (χ4v) is 4.65. The van der Waals surface area contributed by atoms with Crippen molar-refractivity contribution >= 4 is 11.8 Å². The zero-order chi connectivity index (χ0) is 24.1. The predicted molar refractivity (Wildman–Crippen MR) is 133 cm³/mol. The Kier molecular flexibility index (Phi) is 7.31. The number of likely N-dealkylation sites (N-methyl/N-ethyl adjacent to an activating group) is 1. The van der Waals surface area contributed by atoms with Crippen molar-refractivity contribution in [2.75, 3.05) is 13.6 Å². The van der Waals surface area contributed by atoms with Crippen LogP contribution >= 0.6 is 0 Å². The summed E-state index contributed by atoms with van der Waals surface area (Å²) in [5.74, 6) is 0.655. The van der Waals surface area contributed by atoms with E-state index in [1.165, 1.54) is 5.56 Å². The van der Waals surface area contributed by atoms with Crippen LogP contribution in [0.3, 0.4) is 0 Å². The third-order valence-corrected chi connectivity index (χ3v) is 6.43. The van der Waals surface area contributed by atoms with Crippen LogP contribution in [0.2, 0.25) is 0 Å². The molecule has 0 unspecified atom stereocenters. The van der Waals surface area contributed by atoms with Gasteiger partial charge in [0, 0.05) is 27.1 Å². The Labute approximate surface area is 202 Å². The number of benzene rings is 3. The van der Waals surface area contributed by atoms with Crippen LogP contribution < -0.4 is 4.74 Å². The van der Waals surface area contributed by atoms with Crippen molar-refractivity contribution in [3.8, 4) is 5.75 Å². The lowest BCUT2D eigenvalue weighted by atomic mass is 9.88. The second-order valence-corrected chi connectivity index (χ2v) is 8.83. The molecule has 0 radical (unpaired) electrons. The van der Waals surface area contributed by atoms with Gasteiger partial charge in [-0.1, -0.05) is 73.7 Å². The average Bonchev–Trinajstić information content (AvgIpc) is 2.87. The standard InChI is InChI=1S/C29H32N2O3/c1-4-27(29(33)30(3)20-22-11-7-5-8-12-22)34-25-16-15-23-17-18-31(21(2)32)28(26(23)19-25)24-13-9-6-10-14-24/h5-16,19,27-28H,4,17-18,20H2,1-3H3/t27-,28-/m1/s1. The summed E-state index contributed by atoms with van der Waals surface area (Å²) < 4.78 is 6.24. The molecule has 0 aliphatic carbocycles. The molecule has 5 nitrogen and oxygen atoms in total. The van der Waals surface area contributed by atoms with E-state index < -0.39 is 6.10 Å². The smallest absolute Gasteiger partial charge is 0.263 e. The molecule has 0 spiro atoms. The molecule has 1 aliphatic rings. The highest BCUT2D eigenvalue weighted by atomic mass is 16.5. The Hall–Kier alpha value is -3.60. The topological polar surface area (TPSA) is 49.9 Å². The van der Waals surface area contributed by atoms with E-state index in [2.05, 4.69) is 18.2 Å². The van der Waals surface area contributed by atoms with Crippen molar-refractivity contribution in [1.29, 1.82) is 0 Å². The van der Waals surface area contributed by atoms with Gasteiger partial charge in [0.15, 0.2) is 6.10 Å². The lowest BCUT2D eigenvalue weighted by Crippen LogP contribution is -2.40. The molecular formula is C29H32N2O3. The minimum atomic E-state index is -0.575. The normalized spacial score (nSPS) is 15.9. The van der Waals surface area contributed by atoms with Crippen LogP contribution in [-0.2, 0) is 22.6 Å². The molecule has 0 N–H and O–H groups in total. The second kappa shape index (κ2) is 10.6. The number of hydrogen-bond donors (Lipinski definition) is 0. The molecule has 3 aromatic carbocycles. The Morgan fingerprint density at radius 1 is 1.03 bits per heavy atom. The summed E-state index contributed by atoms with van der Waals surface area (Å²) in [5, 5.41) is 0. The van der Waals surface area contributed by atoms with Gasteiger partial charge >= 0.3 is 0 Å². The van der Waals surface area contributed by atoms with Crippen LogP contribution in [0.25, 0.3) is 0 Å². The van der Waals surface area contributed by atoms with E-state index in [0.717, 1.165) is 23.1 Å². The van der Waals surface area contributed by atoms with E-state index in [-0.39, 0.29) is 17.9 Å². The summed E-state index contributed by atoms with van der Waals surface area (Å²) in [6, 6.07) is 25.9. The predicted octanol–water partition coefficient (Wildman–Crippen LogP) is 5.00. The summed E-state index contributed by atoms with van der Waals surface area (Å²) in [6.07, 6.45) is 0.792. The van der Waals surface area contributed by atoms with E-state index in [9.17, 15) is 9.59 Å². The van der Waals surface area contributed by atoms with Gasteiger partial charge in [-0.25, -0.2) is 0 Å². The maximum Gasteiger partial charge on any atom is 0.263 e. The molecule has 3 aromatic rings. The summed E-state index contributed by atoms with van der Waals surface area (Å²) in [4.78, 5) is 29.2. The molecule has 2 atom stereocenters. The van der Waals surface area contributed by atoms with E-state index in [1.54, 1.807) is 11.8 Å². The molecule has 176 valence electrons. The second-order valence-electron chi connectivity index (χ2n) is 8.83. The van der Waals surface area contributed by atoms with Gasteiger partial charge in [0.05, 0.1) is 6.04 Å². The first-order chi connectivity index (χ1) is 16.5. The van der Waals surface area contributed by atoms with Crippen molar-refractivity contribution in [3.05, 3.63) is 101 Å². The van der Waals surface area contributed by atoms with Crippen LogP contribution in [-0.4, -0.2) is 41.3 Å². The van der Waals surface area contributed by atoms with Crippen LogP contribution in [0.1, 0.15) is 48.6 Å². The molecule has 5 heteroatoms. The molecule has 0 bridgehead atoms. The van der Waals surface area contributed by atoms with Crippen molar-refractivity contribution in [2.45, 2.75) is 45.4 Å². The molecule has 34 heavy (non-hydrogen) atoms. The Bertz CT molecular complexity index is 1130. The van der Waals surface area contributed by atoms with Gasteiger partial charge < -0.3 is 14.5 Å². The number of carbonyl (C=O) groups is 2. The van der Waals surface area contributed by atoms with Crippen molar-refractivity contribution in [1.82, 2.24) is 9.80 Å². The minimum Gasteiger partial charge on any atom is -0.481 e. The Morgan fingerprint density at radius 2 is 1.71 bits per heavy atom. The van der Waals surface area contributed by atoms with Gasteiger partial charge in [-0.05, 0) is 47.2 Å². The lowest BCUT2D eigenvalue weighted by Gasteiger charge is -2.37. The highest BCUT2D eigenvalue weighted by molar-refractivity contribution is 5.81. The number of nitrogens with zero attached hydrogens (tertiary/aromatic N) is 2. The van der Waals surface area contributed by atoms with Gasteiger partial charge in [0.25, 0.3) is 5.91 Å².